The molecule has 2 amide bonds. The second kappa shape index (κ2) is 8.01. The van der Waals surface area contributed by atoms with Crippen molar-refractivity contribution in [2.45, 2.75) is 0 Å². The Kier molecular flexibility index (Phi) is 5.52. The largest absolute Gasteiger partial charge is 0.508 e. The van der Waals surface area contributed by atoms with Gasteiger partial charge >= 0.3 is 0 Å². The second-order valence-electron chi connectivity index (χ2n) is 5.51. The van der Waals surface area contributed by atoms with Gasteiger partial charge in [-0.2, -0.15) is 0 Å². The van der Waals surface area contributed by atoms with Crippen molar-refractivity contribution in [1.82, 2.24) is 0 Å². The highest BCUT2D eigenvalue weighted by atomic mass is 127. The molecule has 0 aliphatic heterocycles. The summed E-state index contributed by atoms with van der Waals surface area (Å²) in [6, 6.07) is 20.2. The first kappa shape index (κ1) is 17.9. The topological polar surface area (TPSA) is 78.4 Å². The van der Waals surface area contributed by atoms with Crippen molar-refractivity contribution in [3.8, 4) is 5.75 Å². The number of phenols is 1. The second-order valence-corrected chi connectivity index (χ2v) is 6.76. The Balaban J connectivity index is 1.84. The lowest BCUT2D eigenvalue weighted by atomic mass is 10.1. The normalized spacial score (nSPS) is 10.2. The Morgan fingerprint density at radius 2 is 1.50 bits per heavy atom. The van der Waals surface area contributed by atoms with Gasteiger partial charge in [-0.25, -0.2) is 0 Å². The third-order valence-electron chi connectivity index (χ3n) is 3.64. The van der Waals surface area contributed by atoms with Crippen LogP contribution in [-0.4, -0.2) is 16.9 Å². The van der Waals surface area contributed by atoms with Crippen LogP contribution in [0.25, 0.3) is 0 Å². The minimum Gasteiger partial charge on any atom is -0.508 e. The molecule has 0 bridgehead atoms. The average Bonchev–Trinajstić information content (AvgIpc) is 2.65. The van der Waals surface area contributed by atoms with E-state index in [0.717, 1.165) is 3.57 Å². The fraction of sp³-hybridized carbons (Fsp3) is 0. The number of anilines is 2. The minimum absolute atomic E-state index is 0.119. The molecule has 0 unspecified atom stereocenters. The van der Waals surface area contributed by atoms with Gasteiger partial charge in [-0.05, 0) is 77.2 Å². The van der Waals surface area contributed by atoms with E-state index in [9.17, 15) is 14.7 Å². The van der Waals surface area contributed by atoms with Crippen molar-refractivity contribution in [2.24, 2.45) is 0 Å². The smallest absolute Gasteiger partial charge is 0.257 e. The number of rotatable bonds is 4. The van der Waals surface area contributed by atoms with Crippen LogP contribution in [0.1, 0.15) is 20.7 Å². The van der Waals surface area contributed by atoms with E-state index in [1.54, 1.807) is 48.5 Å². The van der Waals surface area contributed by atoms with Gasteiger partial charge in [-0.1, -0.05) is 18.2 Å². The summed E-state index contributed by atoms with van der Waals surface area (Å²) in [5.41, 5.74) is 1.84. The van der Waals surface area contributed by atoms with Crippen LogP contribution in [0.4, 0.5) is 11.4 Å². The van der Waals surface area contributed by atoms with Crippen molar-refractivity contribution in [2.75, 3.05) is 10.6 Å². The van der Waals surface area contributed by atoms with Gasteiger partial charge in [0.15, 0.2) is 0 Å². The van der Waals surface area contributed by atoms with Gasteiger partial charge in [0.05, 0.1) is 11.3 Å². The molecular formula is C20H15IN2O3. The highest BCUT2D eigenvalue weighted by Crippen LogP contribution is 2.22. The molecule has 26 heavy (non-hydrogen) atoms. The Morgan fingerprint density at radius 1 is 0.808 bits per heavy atom. The first-order valence-corrected chi connectivity index (χ1v) is 8.87. The molecule has 0 atom stereocenters. The van der Waals surface area contributed by atoms with Crippen LogP contribution in [0.2, 0.25) is 0 Å². The number of halogens is 1. The van der Waals surface area contributed by atoms with E-state index in [-0.39, 0.29) is 17.6 Å². The zero-order chi connectivity index (χ0) is 18.5. The molecular weight excluding hydrogens is 443 g/mol. The fourth-order valence-electron chi connectivity index (χ4n) is 2.34. The number of nitrogens with one attached hydrogen (secondary N) is 2. The van der Waals surface area contributed by atoms with Crippen LogP contribution in [0.3, 0.4) is 0 Å². The Hall–Kier alpha value is -2.87. The van der Waals surface area contributed by atoms with Gasteiger partial charge in [0.2, 0.25) is 0 Å². The van der Waals surface area contributed by atoms with Crippen molar-refractivity contribution in [3.05, 3.63) is 87.5 Å². The molecule has 3 rings (SSSR count). The fourth-order valence-corrected chi connectivity index (χ4v) is 2.83. The van der Waals surface area contributed by atoms with Crippen molar-refractivity contribution in [1.29, 1.82) is 0 Å². The van der Waals surface area contributed by atoms with Crippen molar-refractivity contribution < 1.29 is 14.7 Å². The van der Waals surface area contributed by atoms with E-state index in [1.165, 1.54) is 12.1 Å². The summed E-state index contributed by atoms with van der Waals surface area (Å²) in [7, 11) is 0. The van der Waals surface area contributed by atoms with Crippen LogP contribution in [0.5, 0.6) is 5.75 Å². The maximum Gasteiger partial charge on any atom is 0.257 e. The number of carbonyl (C=O) groups excluding carboxylic acids is 2. The predicted molar refractivity (Wildman–Crippen MR) is 110 cm³/mol. The number of hydrogen-bond acceptors (Lipinski definition) is 3. The van der Waals surface area contributed by atoms with Gasteiger partial charge in [0.25, 0.3) is 11.8 Å². The summed E-state index contributed by atoms with van der Waals surface area (Å²) in [5.74, 6) is -0.517. The summed E-state index contributed by atoms with van der Waals surface area (Å²) in [5, 5.41) is 14.9. The summed E-state index contributed by atoms with van der Waals surface area (Å²) in [6.45, 7) is 0. The Labute approximate surface area is 164 Å². The van der Waals surface area contributed by atoms with Crippen LogP contribution >= 0.6 is 22.6 Å². The van der Waals surface area contributed by atoms with Crippen LogP contribution in [-0.2, 0) is 0 Å². The molecule has 0 fully saturated rings. The molecule has 130 valence electrons. The van der Waals surface area contributed by atoms with E-state index < -0.39 is 0 Å². The summed E-state index contributed by atoms with van der Waals surface area (Å²) in [6.07, 6.45) is 0. The lowest BCUT2D eigenvalue weighted by Crippen LogP contribution is -2.18. The molecule has 0 radical (unpaired) electrons. The highest BCUT2D eigenvalue weighted by Gasteiger charge is 2.15. The number of aromatic hydroxyl groups is 1. The first-order chi connectivity index (χ1) is 12.5. The standard InChI is InChI=1S/C20H15IN2O3/c21-14-6-11-18(23-19(25)13-4-2-1-3-5-13)17(12-14)20(26)22-15-7-9-16(24)10-8-15/h1-12,24H,(H,22,26)(H,23,25). The molecule has 0 aliphatic carbocycles. The molecule has 0 aromatic heterocycles. The maximum absolute atomic E-state index is 12.7. The Morgan fingerprint density at radius 3 is 2.19 bits per heavy atom. The molecule has 0 aliphatic rings. The first-order valence-electron chi connectivity index (χ1n) is 7.79. The van der Waals surface area contributed by atoms with E-state index in [1.807, 2.05) is 12.1 Å². The van der Waals surface area contributed by atoms with Crippen molar-refractivity contribution >= 4 is 45.8 Å². The number of hydrogen-bond donors (Lipinski definition) is 3. The zero-order valence-corrected chi connectivity index (χ0v) is 15.7. The minimum atomic E-state index is -0.349. The van der Waals surface area contributed by atoms with Gasteiger partial charge in [0, 0.05) is 14.8 Å². The average molecular weight is 458 g/mol. The zero-order valence-electron chi connectivity index (χ0n) is 13.6. The molecule has 0 heterocycles. The third-order valence-corrected chi connectivity index (χ3v) is 4.31. The SMILES string of the molecule is O=C(Nc1ccc(I)cc1C(=O)Nc1ccc(O)cc1)c1ccccc1. The van der Waals surface area contributed by atoms with E-state index in [4.69, 9.17) is 0 Å². The summed E-state index contributed by atoms with van der Waals surface area (Å²) < 4.78 is 0.871. The van der Waals surface area contributed by atoms with Crippen LogP contribution < -0.4 is 10.6 Å². The molecule has 3 N–H and O–H groups in total. The van der Waals surface area contributed by atoms with Crippen LogP contribution in [0, 0.1) is 3.57 Å². The molecule has 0 spiro atoms. The van der Waals surface area contributed by atoms with Crippen molar-refractivity contribution in [3.63, 3.8) is 0 Å². The molecule has 3 aromatic rings. The summed E-state index contributed by atoms with van der Waals surface area (Å²) >= 11 is 2.11. The summed E-state index contributed by atoms with van der Waals surface area (Å²) in [4.78, 5) is 25.1. The lowest BCUT2D eigenvalue weighted by Gasteiger charge is -2.12. The third kappa shape index (κ3) is 4.40. The van der Waals surface area contributed by atoms with Gasteiger partial charge in [-0.3, -0.25) is 9.59 Å². The van der Waals surface area contributed by atoms with Gasteiger partial charge in [0.1, 0.15) is 5.75 Å². The van der Waals surface area contributed by atoms with E-state index in [0.29, 0.717) is 22.5 Å². The monoisotopic (exact) mass is 458 g/mol. The lowest BCUT2D eigenvalue weighted by molar-refractivity contribution is 0.102. The molecule has 0 saturated carbocycles. The molecule has 5 nitrogen and oxygen atoms in total. The predicted octanol–water partition coefficient (Wildman–Crippen LogP) is 4.50. The number of benzene rings is 3. The quantitative estimate of drug-likeness (QED) is 0.398. The van der Waals surface area contributed by atoms with E-state index >= 15 is 0 Å². The molecule has 0 saturated heterocycles. The maximum atomic E-state index is 12.7. The number of phenolic OH excluding ortho intramolecular Hbond substituents is 1. The van der Waals surface area contributed by atoms with Gasteiger partial charge < -0.3 is 15.7 Å². The van der Waals surface area contributed by atoms with Gasteiger partial charge in [-0.15, -0.1) is 0 Å². The Bertz CT molecular complexity index is 941. The number of carbonyl (C=O) groups is 2. The number of amides is 2. The van der Waals surface area contributed by atoms with E-state index in [2.05, 4.69) is 33.2 Å². The van der Waals surface area contributed by atoms with Crippen LogP contribution in [0.15, 0.2) is 72.8 Å². The highest BCUT2D eigenvalue weighted by molar-refractivity contribution is 14.1. The molecule has 6 heteroatoms. The molecule has 3 aromatic carbocycles.